The van der Waals surface area contributed by atoms with Crippen LogP contribution >= 0.6 is 11.8 Å². The van der Waals surface area contributed by atoms with Crippen LogP contribution in [0.5, 0.6) is 0 Å². The van der Waals surface area contributed by atoms with Crippen LogP contribution in [0.1, 0.15) is 142 Å². The molecule has 166 valence electrons. The summed E-state index contributed by atoms with van der Waals surface area (Å²) < 4.78 is 0.651. The molecule has 0 nitrogen and oxygen atoms in total. The van der Waals surface area contributed by atoms with Gasteiger partial charge >= 0.3 is 0 Å². The van der Waals surface area contributed by atoms with Crippen LogP contribution in [0.2, 0.25) is 0 Å². The number of unbranched alkanes of at least 4 members (excludes halogenated alkanes) is 8. The predicted molar refractivity (Wildman–Crippen MR) is 130 cm³/mol. The molecule has 2 saturated carbocycles. The molecule has 28 heavy (non-hydrogen) atoms. The van der Waals surface area contributed by atoms with E-state index in [2.05, 4.69) is 31.9 Å². The topological polar surface area (TPSA) is 0 Å². The second-order valence-electron chi connectivity index (χ2n) is 10.4. The molecule has 0 atom stereocenters. The van der Waals surface area contributed by atoms with Crippen LogP contribution in [-0.4, -0.2) is 11.0 Å². The number of hydrogen-bond donors (Lipinski definition) is 0. The van der Waals surface area contributed by atoms with E-state index in [1.165, 1.54) is 89.9 Å². The summed E-state index contributed by atoms with van der Waals surface area (Å²) in [6.07, 6.45) is 32.3. The van der Waals surface area contributed by atoms with Crippen LogP contribution in [0.15, 0.2) is 0 Å². The van der Waals surface area contributed by atoms with Crippen LogP contribution < -0.4 is 0 Å². The Kier molecular flexibility index (Phi) is 12.6. The Balaban J connectivity index is 1.61. The maximum absolute atomic E-state index is 2.40. The fraction of sp³-hybridized carbons (Fsp3) is 1.00. The molecule has 2 fully saturated rings. The fourth-order valence-corrected chi connectivity index (χ4v) is 7.22. The first-order valence-corrected chi connectivity index (χ1v) is 14.5. The van der Waals surface area contributed by atoms with Gasteiger partial charge in [0.2, 0.25) is 0 Å². The highest BCUT2D eigenvalue weighted by atomic mass is 32.2. The third-order valence-corrected chi connectivity index (χ3v) is 9.86. The fourth-order valence-electron chi connectivity index (χ4n) is 6.23. The summed E-state index contributed by atoms with van der Waals surface area (Å²) in [6, 6.07) is 0. The van der Waals surface area contributed by atoms with Crippen molar-refractivity contribution in [2.75, 3.05) is 6.26 Å². The summed E-state index contributed by atoms with van der Waals surface area (Å²) in [4.78, 5) is 0. The predicted octanol–water partition coefficient (Wildman–Crippen LogP) is 9.81. The minimum atomic E-state index is 0.651. The van der Waals surface area contributed by atoms with Crippen molar-refractivity contribution in [2.24, 2.45) is 17.8 Å². The van der Waals surface area contributed by atoms with Crippen molar-refractivity contribution in [1.82, 2.24) is 0 Å². The van der Waals surface area contributed by atoms with Gasteiger partial charge in [-0.2, -0.15) is 11.8 Å². The zero-order chi connectivity index (χ0) is 20.1. The van der Waals surface area contributed by atoms with E-state index < -0.39 is 0 Å². The largest absolute Gasteiger partial charge is 0.159 e. The summed E-state index contributed by atoms with van der Waals surface area (Å²) in [5.41, 5.74) is 0. The van der Waals surface area contributed by atoms with E-state index in [0.29, 0.717) is 4.75 Å². The van der Waals surface area contributed by atoms with Gasteiger partial charge in [0.15, 0.2) is 0 Å². The Labute approximate surface area is 182 Å². The molecule has 0 aromatic carbocycles. The van der Waals surface area contributed by atoms with Crippen molar-refractivity contribution in [3.63, 3.8) is 0 Å². The summed E-state index contributed by atoms with van der Waals surface area (Å²) in [5.74, 6) is 3.24. The molecule has 0 aliphatic heterocycles. The zero-order valence-corrected chi connectivity index (χ0v) is 20.6. The van der Waals surface area contributed by atoms with Gasteiger partial charge in [0, 0.05) is 4.75 Å². The number of hydrogen-bond acceptors (Lipinski definition) is 1. The normalized spacial score (nSPS) is 31.2. The van der Waals surface area contributed by atoms with Crippen molar-refractivity contribution in [2.45, 2.75) is 147 Å². The van der Waals surface area contributed by atoms with Crippen molar-refractivity contribution in [1.29, 1.82) is 0 Å². The maximum atomic E-state index is 2.40. The lowest BCUT2D eigenvalue weighted by Crippen LogP contribution is -2.34. The molecule has 0 unspecified atom stereocenters. The Bertz CT molecular complexity index is 360. The standard InChI is InChI=1S/C27H52S/c1-4-6-8-10-12-14-24-15-17-25(18-16-24)26-19-22-27(28-3,23-20-26)21-13-11-9-7-5-2/h24-26H,4-23H2,1-3H3. The third kappa shape index (κ3) is 8.61. The molecule has 2 aliphatic rings. The van der Waals surface area contributed by atoms with E-state index in [0.717, 1.165) is 17.8 Å². The molecule has 0 bridgehead atoms. The zero-order valence-electron chi connectivity index (χ0n) is 19.8. The van der Waals surface area contributed by atoms with E-state index in [-0.39, 0.29) is 0 Å². The lowest BCUT2D eigenvalue weighted by Gasteiger charge is -2.43. The second kappa shape index (κ2) is 14.4. The summed E-state index contributed by atoms with van der Waals surface area (Å²) >= 11 is 2.22. The van der Waals surface area contributed by atoms with Crippen LogP contribution in [0.3, 0.4) is 0 Å². The van der Waals surface area contributed by atoms with E-state index in [1.54, 1.807) is 38.5 Å². The smallest absolute Gasteiger partial charge is 0.0157 e. The van der Waals surface area contributed by atoms with Gasteiger partial charge in [0.05, 0.1) is 0 Å². The Morgan fingerprint density at radius 1 is 0.643 bits per heavy atom. The van der Waals surface area contributed by atoms with E-state index >= 15 is 0 Å². The van der Waals surface area contributed by atoms with Gasteiger partial charge in [0.25, 0.3) is 0 Å². The average molecular weight is 409 g/mol. The lowest BCUT2D eigenvalue weighted by atomic mass is 9.68. The number of thioether (sulfide) groups is 1. The summed E-state index contributed by atoms with van der Waals surface area (Å²) in [5, 5.41) is 0. The molecule has 1 heteroatoms. The highest BCUT2D eigenvalue weighted by Gasteiger charge is 2.37. The molecular weight excluding hydrogens is 356 g/mol. The Morgan fingerprint density at radius 3 is 1.75 bits per heavy atom. The quantitative estimate of drug-likeness (QED) is 0.258. The summed E-state index contributed by atoms with van der Waals surface area (Å²) in [7, 11) is 0. The summed E-state index contributed by atoms with van der Waals surface area (Å²) in [6.45, 7) is 4.65. The monoisotopic (exact) mass is 408 g/mol. The van der Waals surface area contributed by atoms with Gasteiger partial charge in [-0.15, -0.1) is 0 Å². The van der Waals surface area contributed by atoms with E-state index in [9.17, 15) is 0 Å². The van der Waals surface area contributed by atoms with Crippen molar-refractivity contribution in [3.8, 4) is 0 Å². The van der Waals surface area contributed by atoms with Gasteiger partial charge in [-0.1, -0.05) is 97.3 Å². The highest BCUT2D eigenvalue weighted by Crippen LogP contribution is 2.48. The first-order chi connectivity index (χ1) is 13.7. The molecule has 0 aromatic heterocycles. The van der Waals surface area contributed by atoms with Crippen LogP contribution in [-0.2, 0) is 0 Å². The molecular formula is C27H52S. The minimum absolute atomic E-state index is 0.651. The van der Waals surface area contributed by atoms with Gasteiger partial charge in [-0.25, -0.2) is 0 Å². The van der Waals surface area contributed by atoms with E-state index in [4.69, 9.17) is 0 Å². The van der Waals surface area contributed by atoms with Crippen LogP contribution in [0.25, 0.3) is 0 Å². The molecule has 2 rings (SSSR count). The third-order valence-electron chi connectivity index (χ3n) is 8.38. The average Bonchev–Trinajstić information content (AvgIpc) is 2.74. The molecule has 0 heterocycles. The molecule has 0 aromatic rings. The highest BCUT2D eigenvalue weighted by molar-refractivity contribution is 8.00. The molecule has 0 saturated heterocycles. The second-order valence-corrected chi connectivity index (χ2v) is 11.6. The minimum Gasteiger partial charge on any atom is -0.159 e. The SMILES string of the molecule is CCCCCCCC1CCC(C2CCC(CCCCCCC)(SC)CC2)CC1. The Morgan fingerprint density at radius 2 is 1.18 bits per heavy atom. The van der Waals surface area contributed by atoms with Crippen molar-refractivity contribution in [3.05, 3.63) is 0 Å². The van der Waals surface area contributed by atoms with Crippen LogP contribution in [0, 0.1) is 17.8 Å². The molecule has 0 amide bonds. The molecule has 0 radical (unpaired) electrons. The van der Waals surface area contributed by atoms with Crippen LogP contribution in [0.4, 0.5) is 0 Å². The van der Waals surface area contributed by atoms with Crippen molar-refractivity contribution >= 4 is 11.8 Å². The molecule has 0 N–H and O–H groups in total. The van der Waals surface area contributed by atoms with Gasteiger partial charge in [-0.3, -0.25) is 0 Å². The van der Waals surface area contributed by atoms with Gasteiger partial charge in [0.1, 0.15) is 0 Å². The van der Waals surface area contributed by atoms with E-state index in [1.807, 2.05) is 0 Å². The Hall–Kier alpha value is 0.350. The van der Waals surface area contributed by atoms with Gasteiger partial charge < -0.3 is 0 Å². The van der Waals surface area contributed by atoms with Gasteiger partial charge in [-0.05, 0) is 69.0 Å². The lowest BCUT2D eigenvalue weighted by molar-refractivity contribution is 0.148. The first-order valence-electron chi connectivity index (χ1n) is 13.3. The first kappa shape index (κ1) is 24.6. The van der Waals surface area contributed by atoms with Crippen molar-refractivity contribution < 1.29 is 0 Å². The number of rotatable bonds is 14. The molecule has 2 aliphatic carbocycles. The molecule has 0 spiro atoms. The maximum Gasteiger partial charge on any atom is 0.0157 e.